The molecule has 2 rings (SSSR count). The van der Waals surface area contributed by atoms with Crippen molar-refractivity contribution in [2.45, 2.75) is 13.8 Å². The number of nitrogens with zero attached hydrogens (tertiary/aromatic N) is 1. The van der Waals surface area contributed by atoms with Crippen LogP contribution in [0.15, 0.2) is 34.2 Å². The Kier molecular flexibility index (Phi) is 3.62. The summed E-state index contributed by atoms with van der Waals surface area (Å²) in [5.74, 6) is -0.546. The van der Waals surface area contributed by atoms with Gasteiger partial charge in [0.1, 0.15) is 0 Å². The van der Waals surface area contributed by atoms with Gasteiger partial charge in [0.15, 0.2) is 5.17 Å². The third-order valence-corrected chi connectivity index (χ3v) is 3.18. The van der Waals surface area contributed by atoms with E-state index in [-0.39, 0.29) is 11.8 Å². The highest BCUT2D eigenvalue weighted by Crippen LogP contribution is 2.27. The highest BCUT2D eigenvalue weighted by atomic mass is 32.2. The molecule has 0 bridgehead atoms. The van der Waals surface area contributed by atoms with Crippen molar-refractivity contribution in [2.24, 2.45) is 4.99 Å². The second kappa shape index (κ2) is 5.18. The summed E-state index contributed by atoms with van der Waals surface area (Å²) in [6.07, 6.45) is 1.77. The zero-order valence-corrected chi connectivity index (χ0v) is 10.9. The summed E-state index contributed by atoms with van der Waals surface area (Å²) in [5.41, 5.74) is 2.11. The topological polar surface area (TPSA) is 58.5 Å². The molecule has 1 heterocycles. The van der Waals surface area contributed by atoms with Crippen LogP contribution in [0, 0.1) is 6.92 Å². The van der Waals surface area contributed by atoms with Gasteiger partial charge in [-0.2, -0.15) is 4.99 Å². The lowest BCUT2D eigenvalue weighted by atomic mass is 10.1. The number of hydrogen-bond acceptors (Lipinski definition) is 3. The fraction of sp³-hybridized carbons (Fsp3) is 0.154. The number of aryl methyl sites for hydroxylation is 1. The smallest absolute Gasteiger partial charge is 0.286 e. The molecule has 0 spiro atoms. The summed E-state index contributed by atoms with van der Waals surface area (Å²) in [6, 6.07) is 7.83. The van der Waals surface area contributed by atoms with E-state index in [9.17, 15) is 9.59 Å². The molecule has 4 nitrogen and oxygen atoms in total. The molecule has 0 radical (unpaired) electrons. The van der Waals surface area contributed by atoms with Crippen molar-refractivity contribution in [3.63, 3.8) is 0 Å². The fourth-order valence-corrected chi connectivity index (χ4v) is 2.29. The standard InChI is InChI=1S/C13H12N2O2S/c1-8-3-5-10(6-4-8)7-11-12(17)15-13(18-11)14-9(2)16/h3-7H,1-2H3,(H,14,15,16,17). The zero-order valence-electron chi connectivity index (χ0n) is 10.1. The van der Waals surface area contributed by atoms with E-state index in [1.54, 1.807) is 6.08 Å². The average molecular weight is 260 g/mol. The Balaban J connectivity index is 2.15. The molecule has 5 heteroatoms. The molecule has 0 saturated heterocycles. The van der Waals surface area contributed by atoms with E-state index in [4.69, 9.17) is 0 Å². The van der Waals surface area contributed by atoms with Crippen molar-refractivity contribution >= 4 is 34.8 Å². The number of carbonyl (C=O) groups is 2. The second-order valence-electron chi connectivity index (χ2n) is 3.92. The van der Waals surface area contributed by atoms with Crippen LogP contribution in [0.25, 0.3) is 6.08 Å². The van der Waals surface area contributed by atoms with E-state index < -0.39 is 0 Å². The Hall–Kier alpha value is -1.88. The fourth-order valence-electron chi connectivity index (χ4n) is 1.43. The van der Waals surface area contributed by atoms with Crippen LogP contribution in [0.5, 0.6) is 0 Å². The van der Waals surface area contributed by atoms with Crippen LogP contribution in [-0.2, 0) is 9.59 Å². The van der Waals surface area contributed by atoms with Gasteiger partial charge in [-0.15, -0.1) is 0 Å². The van der Waals surface area contributed by atoms with Crippen LogP contribution in [0.3, 0.4) is 0 Å². The summed E-state index contributed by atoms with van der Waals surface area (Å²) in [6.45, 7) is 3.39. The van der Waals surface area contributed by atoms with Crippen molar-refractivity contribution in [3.05, 3.63) is 40.3 Å². The van der Waals surface area contributed by atoms with Crippen LogP contribution in [0.1, 0.15) is 18.1 Å². The predicted octanol–water partition coefficient (Wildman–Crippen LogP) is 2.10. The largest absolute Gasteiger partial charge is 0.305 e. The SMILES string of the molecule is CC(=O)NC1=NC(=O)C(=Cc2ccc(C)cc2)S1. The molecular weight excluding hydrogens is 248 g/mol. The van der Waals surface area contributed by atoms with Crippen molar-refractivity contribution in [1.29, 1.82) is 0 Å². The molecule has 0 unspecified atom stereocenters. The summed E-state index contributed by atoms with van der Waals surface area (Å²) in [7, 11) is 0. The average Bonchev–Trinajstić information content (AvgIpc) is 2.61. The van der Waals surface area contributed by atoms with Crippen LogP contribution in [0.4, 0.5) is 0 Å². The lowest BCUT2D eigenvalue weighted by Gasteiger charge is -1.98. The van der Waals surface area contributed by atoms with Gasteiger partial charge in [0.2, 0.25) is 5.91 Å². The molecule has 1 aliphatic heterocycles. The van der Waals surface area contributed by atoms with Gasteiger partial charge in [0, 0.05) is 6.92 Å². The molecule has 2 amide bonds. The third-order valence-electron chi connectivity index (χ3n) is 2.28. The molecule has 0 fully saturated rings. The number of amidine groups is 1. The van der Waals surface area contributed by atoms with Gasteiger partial charge in [-0.1, -0.05) is 29.8 Å². The quantitative estimate of drug-likeness (QED) is 0.787. The van der Waals surface area contributed by atoms with Gasteiger partial charge < -0.3 is 5.32 Å². The first-order valence-electron chi connectivity index (χ1n) is 5.41. The number of aliphatic imine (C=N–C) groups is 1. The molecule has 1 N–H and O–H groups in total. The first-order valence-corrected chi connectivity index (χ1v) is 6.23. The number of amides is 2. The lowest BCUT2D eigenvalue weighted by molar-refractivity contribution is -0.117. The van der Waals surface area contributed by atoms with Crippen molar-refractivity contribution in [1.82, 2.24) is 5.32 Å². The van der Waals surface area contributed by atoms with Crippen LogP contribution < -0.4 is 5.32 Å². The summed E-state index contributed by atoms with van der Waals surface area (Å²) in [5, 5.41) is 2.85. The maximum absolute atomic E-state index is 11.6. The highest BCUT2D eigenvalue weighted by Gasteiger charge is 2.22. The number of rotatable bonds is 1. The minimum atomic E-state index is -0.315. The maximum atomic E-state index is 11.6. The normalized spacial score (nSPS) is 16.9. The first kappa shape index (κ1) is 12.6. The molecule has 1 aromatic rings. The Morgan fingerprint density at radius 2 is 2.00 bits per heavy atom. The Bertz CT molecular complexity index is 559. The summed E-state index contributed by atoms with van der Waals surface area (Å²) < 4.78 is 0. The highest BCUT2D eigenvalue weighted by molar-refractivity contribution is 8.18. The number of carbonyl (C=O) groups excluding carboxylic acids is 2. The van der Waals surface area contributed by atoms with E-state index in [2.05, 4.69) is 10.3 Å². The van der Waals surface area contributed by atoms with Gasteiger partial charge in [-0.05, 0) is 30.3 Å². The molecule has 0 aliphatic carbocycles. The Morgan fingerprint density at radius 3 is 2.61 bits per heavy atom. The molecular formula is C13H12N2O2S. The number of hydrogen-bond donors (Lipinski definition) is 1. The van der Waals surface area contributed by atoms with E-state index in [1.807, 2.05) is 31.2 Å². The number of nitrogens with one attached hydrogen (secondary N) is 1. The van der Waals surface area contributed by atoms with Crippen molar-refractivity contribution in [3.8, 4) is 0 Å². The molecule has 0 atom stereocenters. The van der Waals surface area contributed by atoms with E-state index in [0.29, 0.717) is 10.1 Å². The monoisotopic (exact) mass is 260 g/mol. The molecule has 18 heavy (non-hydrogen) atoms. The zero-order chi connectivity index (χ0) is 13.1. The minimum Gasteiger partial charge on any atom is -0.305 e. The van der Waals surface area contributed by atoms with E-state index in [0.717, 1.165) is 11.1 Å². The first-order chi connectivity index (χ1) is 8.54. The maximum Gasteiger partial charge on any atom is 0.286 e. The molecule has 0 saturated carbocycles. The predicted molar refractivity (Wildman–Crippen MR) is 73.0 cm³/mol. The molecule has 92 valence electrons. The second-order valence-corrected chi connectivity index (χ2v) is 4.96. The van der Waals surface area contributed by atoms with Gasteiger partial charge in [0.05, 0.1) is 4.91 Å². The van der Waals surface area contributed by atoms with Gasteiger partial charge in [-0.25, -0.2) is 0 Å². The number of thioether (sulfide) groups is 1. The number of benzene rings is 1. The van der Waals surface area contributed by atoms with Crippen molar-refractivity contribution < 1.29 is 9.59 Å². The van der Waals surface area contributed by atoms with Crippen LogP contribution in [0.2, 0.25) is 0 Å². The van der Waals surface area contributed by atoms with Crippen molar-refractivity contribution in [2.75, 3.05) is 0 Å². The van der Waals surface area contributed by atoms with Gasteiger partial charge in [-0.3, -0.25) is 9.59 Å². The Morgan fingerprint density at radius 1 is 1.33 bits per heavy atom. The molecule has 0 aromatic heterocycles. The van der Waals surface area contributed by atoms with E-state index >= 15 is 0 Å². The Labute approximate surface area is 109 Å². The third kappa shape index (κ3) is 3.07. The van der Waals surface area contributed by atoms with Crippen LogP contribution >= 0.6 is 11.8 Å². The molecule has 1 aromatic carbocycles. The van der Waals surface area contributed by atoms with E-state index in [1.165, 1.54) is 18.7 Å². The minimum absolute atomic E-state index is 0.231. The van der Waals surface area contributed by atoms with Gasteiger partial charge >= 0.3 is 0 Å². The summed E-state index contributed by atoms with van der Waals surface area (Å²) >= 11 is 1.18. The lowest BCUT2D eigenvalue weighted by Crippen LogP contribution is -2.23. The molecule has 1 aliphatic rings. The van der Waals surface area contributed by atoms with Crippen LogP contribution in [-0.4, -0.2) is 17.0 Å². The van der Waals surface area contributed by atoms with Gasteiger partial charge in [0.25, 0.3) is 5.91 Å². The summed E-state index contributed by atoms with van der Waals surface area (Å²) in [4.78, 5) is 26.8.